The van der Waals surface area contributed by atoms with Crippen molar-refractivity contribution in [2.24, 2.45) is 0 Å². The van der Waals surface area contributed by atoms with E-state index in [1.54, 1.807) is 6.92 Å². The average molecular weight is 193 g/mol. The van der Waals surface area contributed by atoms with Gasteiger partial charge in [0.25, 0.3) is 0 Å². The highest BCUT2D eigenvalue weighted by Gasteiger charge is 2.41. The molecular weight excluding hydrogens is 178 g/mol. The van der Waals surface area contributed by atoms with Crippen molar-refractivity contribution in [3.05, 3.63) is 17.7 Å². The van der Waals surface area contributed by atoms with E-state index in [0.717, 1.165) is 30.8 Å². The maximum atomic E-state index is 11.1. The second-order valence-corrected chi connectivity index (χ2v) is 4.01. The third-order valence-corrected chi connectivity index (χ3v) is 2.78. The molecule has 4 heteroatoms. The predicted octanol–water partition coefficient (Wildman–Crippen LogP) is 1.23. The Kier molecular flexibility index (Phi) is 2.06. The molecule has 1 aromatic rings. The monoisotopic (exact) mass is 193 g/mol. The minimum Gasteiger partial charge on any atom is -0.346 e. The van der Waals surface area contributed by atoms with Gasteiger partial charge in [0.2, 0.25) is 5.91 Å². The van der Waals surface area contributed by atoms with Gasteiger partial charge in [0.05, 0.1) is 11.2 Å². The molecule has 0 atom stereocenters. The van der Waals surface area contributed by atoms with Crippen molar-refractivity contribution in [3.63, 3.8) is 0 Å². The maximum absolute atomic E-state index is 11.1. The van der Waals surface area contributed by atoms with Gasteiger partial charge in [-0.15, -0.1) is 0 Å². The van der Waals surface area contributed by atoms with Crippen LogP contribution in [0.5, 0.6) is 0 Å². The molecule has 1 heterocycles. The Bertz CT molecular complexity index is 352. The Morgan fingerprint density at radius 1 is 1.64 bits per heavy atom. The van der Waals surface area contributed by atoms with Crippen LogP contribution < -0.4 is 5.32 Å². The van der Waals surface area contributed by atoms with Gasteiger partial charge in [-0.3, -0.25) is 4.79 Å². The Hall–Kier alpha value is -1.32. The third-order valence-electron chi connectivity index (χ3n) is 2.78. The van der Waals surface area contributed by atoms with E-state index in [2.05, 4.69) is 15.3 Å². The van der Waals surface area contributed by atoms with Crippen LogP contribution >= 0.6 is 0 Å². The van der Waals surface area contributed by atoms with Crippen LogP contribution in [0.25, 0.3) is 0 Å². The minimum absolute atomic E-state index is 0.0127. The highest BCUT2D eigenvalue weighted by Crippen LogP contribution is 2.39. The van der Waals surface area contributed by atoms with Gasteiger partial charge in [0.1, 0.15) is 5.82 Å². The Morgan fingerprint density at radius 2 is 2.36 bits per heavy atom. The summed E-state index contributed by atoms with van der Waals surface area (Å²) >= 11 is 0. The number of rotatable bonds is 2. The van der Waals surface area contributed by atoms with Crippen LogP contribution in [0.3, 0.4) is 0 Å². The summed E-state index contributed by atoms with van der Waals surface area (Å²) in [6.45, 7) is 3.50. The molecule has 0 radical (unpaired) electrons. The van der Waals surface area contributed by atoms with Crippen LogP contribution in [0.2, 0.25) is 0 Å². The number of amides is 1. The smallest absolute Gasteiger partial charge is 0.217 e. The number of nitrogens with zero attached hydrogens (tertiary/aromatic N) is 1. The molecule has 1 aromatic heterocycles. The summed E-state index contributed by atoms with van der Waals surface area (Å²) < 4.78 is 0. The molecule has 1 aliphatic rings. The van der Waals surface area contributed by atoms with E-state index in [4.69, 9.17) is 0 Å². The summed E-state index contributed by atoms with van der Waals surface area (Å²) in [5.74, 6) is 0.912. The molecular formula is C10H15N3O. The van der Waals surface area contributed by atoms with Gasteiger partial charge >= 0.3 is 0 Å². The number of hydrogen-bond acceptors (Lipinski definition) is 2. The number of hydrogen-bond donors (Lipinski definition) is 2. The van der Waals surface area contributed by atoms with Gasteiger partial charge in [-0.1, -0.05) is 0 Å². The van der Waals surface area contributed by atoms with E-state index in [9.17, 15) is 4.79 Å². The highest BCUT2D eigenvalue weighted by molar-refractivity contribution is 5.74. The molecule has 1 saturated carbocycles. The van der Waals surface area contributed by atoms with E-state index >= 15 is 0 Å². The molecule has 4 nitrogen and oxygen atoms in total. The molecule has 0 spiro atoms. The fourth-order valence-corrected chi connectivity index (χ4v) is 1.95. The van der Waals surface area contributed by atoms with Crippen molar-refractivity contribution < 1.29 is 4.79 Å². The second-order valence-electron chi connectivity index (χ2n) is 4.01. The lowest BCUT2D eigenvalue weighted by molar-refractivity contribution is -0.122. The number of H-pyrrole nitrogens is 1. The molecule has 2 rings (SSSR count). The van der Waals surface area contributed by atoms with Gasteiger partial charge in [-0.2, -0.15) is 0 Å². The molecule has 1 aliphatic carbocycles. The summed E-state index contributed by atoms with van der Waals surface area (Å²) in [6.07, 6.45) is 5.00. The molecule has 0 unspecified atom stereocenters. The third kappa shape index (κ3) is 1.41. The number of aromatic nitrogens is 2. The van der Waals surface area contributed by atoms with Gasteiger partial charge in [-0.25, -0.2) is 4.98 Å². The first-order chi connectivity index (χ1) is 6.62. The van der Waals surface area contributed by atoms with E-state index < -0.39 is 0 Å². The van der Waals surface area contributed by atoms with Crippen LogP contribution in [0.4, 0.5) is 0 Å². The highest BCUT2D eigenvalue weighted by atomic mass is 16.1. The molecule has 0 bridgehead atoms. The first-order valence-electron chi connectivity index (χ1n) is 4.94. The van der Waals surface area contributed by atoms with Crippen molar-refractivity contribution in [2.45, 2.75) is 38.6 Å². The lowest BCUT2D eigenvalue weighted by Crippen LogP contribution is -2.50. The van der Waals surface area contributed by atoms with E-state index in [0.29, 0.717) is 0 Å². The molecule has 0 saturated heterocycles. The van der Waals surface area contributed by atoms with Gasteiger partial charge < -0.3 is 10.3 Å². The van der Waals surface area contributed by atoms with Gasteiger partial charge in [0, 0.05) is 13.1 Å². The fourth-order valence-electron chi connectivity index (χ4n) is 1.95. The molecule has 2 N–H and O–H groups in total. The second kappa shape index (κ2) is 3.12. The molecule has 0 aliphatic heterocycles. The Labute approximate surface area is 83.1 Å². The predicted molar refractivity (Wildman–Crippen MR) is 52.7 cm³/mol. The topological polar surface area (TPSA) is 57.8 Å². The lowest BCUT2D eigenvalue weighted by atomic mass is 9.76. The number of imidazole rings is 1. The number of aromatic amines is 1. The van der Waals surface area contributed by atoms with Crippen LogP contribution in [0.15, 0.2) is 6.20 Å². The zero-order chi connectivity index (χ0) is 10.2. The Balaban J connectivity index is 2.24. The van der Waals surface area contributed by atoms with Crippen molar-refractivity contribution in [2.75, 3.05) is 0 Å². The fraction of sp³-hybridized carbons (Fsp3) is 0.600. The van der Waals surface area contributed by atoms with Crippen LogP contribution in [-0.4, -0.2) is 15.9 Å². The largest absolute Gasteiger partial charge is 0.346 e. The van der Waals surface area contributed by atoms with Crippen LogP contribution in [0.1, 0.15) is 37.7 Å². The number of carbonyl (C=O) groups is 1. The summed E-state index contributed by atoms with van der Waals surface area (Å²) in [7, 11) is 0. The van der Waals surface area contributed by atoms with E-state index in [1.165, 1.54) is 0 Å². The Morgan fingerprint density at radius 3 is 2.71 bits per heavy atom. The van der Waals surface area contributed by atoms with E-state index in [-0.39, 0.29) is 11.4 Å². The summed E-state index contributed by atoms with van der Waals surface area (Å²) in [5.41, 5.74) is 0.761. The molecule has 1 fully saturated rings. The standard InChI is InChI=1S/C10H15N3O/c1-7-6-11-9(12-7)10(4-3-5-10)13-8(2)14/h6H,3-5H2,1-2H3,(H,11,12)(H,13,14). The normalized spacial score (nSPS) is 18.7. The van der Waals surface area contributed by atoms with Crippen molar-refractivity contribution in [1.82, 2.24) is 15.3 Å². The van der Waals surface area contributed by atoms with Crippen molar-refractivity contribution >= 4 is 5.91 Å². The van der Waals surface area contributed by atoms with E-state index in [1.807, 2.05) is 13.1 Å². The summed E-state index contributed by atoms with van der Waals surface area (Å²) in [5, 5.41) is 2.99. The number of nitrogens with one attached hydrogen (secondary N) is 2. The van der Waals surface area contributed by atoms with Gasteiger partial charge in [-0.05, 0) is 26.2 Å². The average Bonchev–Trinajstić information content (AvgIpc) is 2.44. The number of carbonyl (C=O) groups excluding carboxylic acids is 1. The first-order valence-corrected chi connectivity index (χ1v) is 4.94. The first kappa shape index (κ1) is 9.24. The molecule has 0 aromatic carbocycles. The zero-order valence-corrected chi connectivity index (χ0v) is 8.55. The van der Waals surface area contributed by atoms with Crippen molar-refractivity contribution in [1.29, 1.82) is 0 Å². The zero-order valence-electron chi connectivity index (χ0n) is 8.55. The van der Waals surface area contributed by atoms with Gasteiger partial charge in [0.15, 0.2) is 0 Å². The quantitative estimate of drug-likeness (QED) is 0.742. The van der Waals surface area contributed by atoms with Crippen LogP contribution in [0, 0.1) is 6.92 Å². The maximum Gasteiger partial charge on any atom is 0.217 e. The molecule has 1 amide bonds. The summed E-state index contributed by atoms with van der Waals surface area (Å²) in [4.78, 5) is 18.6. The lowest BCUT2D eigenvalue weighted by Gasteiger charge is -2.40. The van der Waals surface area contributed by atoms with Crippen LogP contribution in [-0.2, 0) is 10.3 Å². The number of aryl methyl sites for hydroxylation is 1. The van der Waals surface area contributed by atoms with Crippen molar-refractivity contribution in [3.8, 4) is 0 Å². The molecule has 76 valence electrons. The minimum atomic E-state index is -0.208. The molecule has 14 heavy (non-hydrogen) atoms. The SMILES string of the molecule is CC(=O)NC1(c2nc(C)c[nH]2)CCC1. The summed E-state index contributed by atoms with van der Waals surface area (Å²) in [6, 6.07) is 0.